The highest BCUT2D eigenvalue weighted by Crippen LogP contribution is 2.32. The fraction of sp³-hybridized carbons (Fsp3) is 0.208. The summed E-state index contributed by atoms with van der Waals surface area (Å²) in [6.45, 7) is 8.44. The fourth-order valence-electron chi connectivity index (χ4n) is 4.02. The molecule has 0 aliphatic heterocycles. The minimum Gasteiger partial charge on any atom is -0.280 e. The Bertz CT molecular complexity index is 1360. The first-order valence-corrected chi connectivity index (χ1v) is 10.3. The van der Waals surface area contributed by atoms with Gasteiger partial charge in [-0.3, -0.25) is 4.57 Å². The van der Waals surface area contributed by atoms with Crippen LogP contribution >= 0.6 is 0 Å². The van der Waals surface area contributed by atoms with E-state index >= 15 is 0 Å². The van der Waals surface area contributed by atoms with Crippen LogP contribution in [0.1, 0.15) is 36.8 Å². The van der Waals surface area contributed by atoms with Crippen molar-refractivity contribution in [2.45, 2.75) is 33.6 Å². The van der Waals surface area contributed by atoms with Crippen molar-refractivity contribution in [1.82, 2.24) is 35.2 Å². The molecule has 0 saturated carbocycles. The number of aryl methyl sites for hydroxylation is 2. The van der Waals surface area contributed by atoms with Crippen LogP contribution in [0.25, 0.3) is 39.4 Å². The minimum atomic E-state index is 0.271. The molecule has 3 heterocycles. The molecule has 1 N–H and O–H groups in total. The SMILES string of the molecule is Cc1cc(C)c2nc(C(C)C)n(-c3ccc(-c4ccccc4-c4nn[nH]n4)cc3)c2n1. The van der Waals surface area contributed by atoms with Gasteiger partial charge < -0.3 is 0 Å². The molecule has 5 rings (SSSR count). The molecule has 0 fully saturated rings. The van der Waals surface area contributed by atoms with Crippen LogP contribution in [0.4, 0.5) is 0 Å². The van der Waals surface area contributed by atoms with Gasteiger partial charge in [-0.15, -0.1) is 10.2 Å². The second-order valence-corrected chi connectivity index (χ2v) is 8.04. The van der Waals surface area contributed by atoms with Gasteiger partial charge in [-0.05, 0) is 54.0 Å². The van der Waals surface area contributed by atoms with Crippen molar-refractivity contribution in [1.29, 1.82) is 0 Å². The summed E-state index contributed by atoms with van der Waals surface area (Å²) in [7, 11) is 0. The zero-order valence-electron chi connectivity index (χ0n) is 18.0. The monoisotopic (exact) mass is 409 g/mol. The van der Waals surface area contributed by atoms with Gasteiger partial charge in [0, 0.05) is 22.9 Å². The molecule has 0 saturated heterocycles. The van der Waals surface area contributed by atoms with E-state index in [-0.39, 0.29) is 5.92 Å². The van der Waals surface area contributed by atoms with Crippen molar-refractivity contribution >= 4 is 11.2 Å². The highest BCUT2D eigenvalue weighted by molar-refractivity contribution is 5.81. The van der Waals surface area contributed by atoms with Crippen molar-refractivity contribution in [2.24, 2.45) is 0 Å². The zero-order valence-corrected chi connectivity index (χ0v) is 18.0. The standard InChI is InChI=1S/C24H23N7/c1-14(2)23-26-21-15(3)13-16(4)25-24(21)31(23)18-11-9-17(10-12-18)19-7-5-6-8-20(19)22-27-29-30-28-22/h5-14H,1-4H3,(H,27,28,29,30). The average Bonchev–Trinajstić information content (AvgIpc) is 3.42. The number of H-pyrrole nitrogens is 1. The van der Waals surface area contributed by atoms with Gasteiger partial charge in [0.2, 0.25) is 5.82 Å². The number of imidazole rings is 1. The van der Waals surface area contributed by atoms with Crippen molar-refractivity contribution < 1.29 is 0 Å². The molecule has 0 amide bonds. The molecule has 0 atom stereocenters. The average molecular weight is 409 g/mol. The lowest BCUT2D eigenvalue weighted by Gasteiger charge is -2.13. The second-order valence-electron chi connectivity index (χ2n) is 8.04. The lowest BCUT2D eigenvalue weighted by Crippen LogP contribution is -2.04. The van der Waals surface area contributed by atoms with Gasteiger partial charge in [0.15, 0.2) is 5.65 Å². The Morgan fingerprint density at radius 3 is 2.32 bits per heavy atom. The van der Waals surface area contributed by atoms with Crippen molar-refractivity contribution in [3.63, 3.8) is 0 Å². The summed E-state index contributed by atoms with van der Waals surface area (Å²) in [6, 6.07) is 18.6. The molecular weight excluding hydrogens is 386 g/mol. The Kier molecular flexibility index (Phi) is 4.58. The number of pyridine rings is 1. The van der Waals surface area contributed by atoms with Gasteiger partial charge in [-0.1, -0.05) is 50.2 Å². The van der Waals surface area contributed by atoms with Crippen molar-refractivity contribution in [3.05, 3.63) is 71.7 Å². The highest BCUT2D eigenvalue weighted by Gasteiger charge is 2.18. The van der Waals surface area contributed by atoms with Gasteiger partial charge >= 0.3 is 0 Å². The van der Waals surface area contributed by atoms with Gasteiger partial charge in [0.25, 0.3) is 0 Å². The van der Waals surface area contributed by atoms with Crippen LogP contribution in [-0.2, 0) is 0 Å². The largest absolute Gasteiger partial charge is 0.280 e. The molecule has 0 aliphatic rings. The number of nitrogens with one attached hydrogen (secondary N) is 1. The van der Waals surface area contributed by atoms with E-state index in [1.165, 1.54) is 0 Å². The number of aromatic amines is 1. The quantitative estimate of drug-likeness (QED) is 0.451. The van der Waals surface area contributed by atoms with E-state index < -0.39 is 0 Å². The summed E-state index contributed by atoms with van der Waals surface area (Å²) in [6.07, 6.45) is 0. The highest BCUT2D eigenvalue weighted by atomic mass is 15.5. The van der Waals surface area contributed by atoms with E-state index in [2.05, 4.69) is 82.4 Å². The van der Waals surface area contributed by atoms with Crippen LogP contribution in [-0.4, -0.2) is 35.2 Å². The number of hydrogen-bond donors (Lipinski definition) is 1. The number of hydrogen-bond acceptors (Lipinski definition) is 5. The molecule has 0 bridgehead atoms. The second kappa shape index (κ2) is 7.43. The third-order valence-electron chi connectivity index (χ3n) is 5.43. The van der Waals surface area contributed by atoms with Crippen molar-refractivity contribution in [3.8, 4) is 28.2 Å². The summed E-state index contributed by atoms with van der Waals surface area (Å²) in [5.41, 5.74) is 8.13. The molecule has 2 aromatic carbocycles. The number of rotatable bonds is 4. The van der Waals surface area contributed by atoms with Crippen molar-refractivity contribution in [2.75, 3.05) is 0 Å². The van der Waals surface area contributed by atoms with Crippen LogP contribution < -0.4 is 0 Å². The first-order valence-electron chi connectivity index (χ1n) is 10.3. The van der Waals surface area contributed by atoms with Crippen LogP contribution in [0.3, 0.4) is 0 Å². The number of benzene rings is 2. The van der Waals surface area contributed by atoms with E-state index in [1.54, 1.807) is 0 Å². The summed E-state index contributed by atoms with van der Waals surface area (Å²) in [4.78, 5) is 9.75. The van der Waals surface area contributed by atoms with E-state index in [1.807, 2.05) is 25.1 Å². The maximum absolute atomic E-state index is 4.93. The van der Waals surface area contributed by atoms with Gasteiger partial charge in [0.1, 0.15) is 11.3 Å². The summed E-state index contributed by atoms with van der Waals surface area (Å²) in [5, 5.41) is 14.5. The van der Waals surface area contributed by atoms with Gasteiger partial charge in [-0.25, -0.2) is 9.97 Å². The molecular formula is C24H23N7. The van der Waals surface area contributed by atoms with E-state index in [9.17, 15) is 0 Å². The molecule has 154 valence electrons. The Balaban J connectivity index is 1.64. The zero-order chi connectivity index (χ0) is 21.5. The Morgan fingerprint density at radius 1 is 0.903 bits per heavy atom. The minimum absolute atomic E-state index is 0.271. The molecule has 0 spiro atoms. The van der Waals surface area contributed by atoms with E-state index in [4.69, 9.17) is 9.97 Å². The first-order chi connectivity index (χ1) is 15.0. The first kappa shape index (κ1) is 19.1. The molecule has 31 heavy (non-hydrogen) atoms. The Labute approximate surface area is 180 Å². The predicted molar refractivity (Wildman–Crippen MR) is 121 cm³/mol. The van der Waals surface area contributed by atoms with Gasteiger partial charge in [0.05, 0.1) is 0 Å². The molecule has 5 aromatic rings. The maximum atomic E-state index is 4.93. The summed E-state index contributed by atoms with van der Waals surface area (Å²) in [5.74, 6) is 1.86. The molecule has 3 aromatic heterocycles. The van der Waals surface area contributed by atoms with Gasteiger partial charge in [-0.2, -0.15) is 5.21 Å². The predicted octanol–water partition coefficient (Wildman–Crippen LogP) is 5.01. The van der Waals surface area contributed by atoms with Crippen LogP contribution in [0.15, 0.2) is 54.6 Å². The normalized spacial score (nSPS) is 11.5. The topological polar surface area (TPSA) is 85.2 Å². The van der Waals surface area contributed by atoms with Crippen LogP contribution in [0.5, 0.6) is 0 Å². The third kappa shape index (κ3) is 3.28. The Hall–Kier alpha value is -3.87. The number of aromatic nitrogens is 7. The molecule has 0 unspecified atom stereocenters. The third-order valence-corrected chi connectivity index (χ3v) is 5.43. The Morgan fingerprint density at radius 2 is 1.65 bits per heavy atom. The number of nitrogens with zero attached hydrogens (tertiary/aromatic N) is 6. The molecule has 7 nitrogen and oxygen atoms in total. The molecule has 0 radical (unpaired) electrons. The van der Waals surface area contributed by atoms with E-state index in [0.717, 1.165) is 50.6 Å². The smallest absolute Gasteiger partial charge is 0.205 e. The molecule has 7 heteroatoms. The van der Waals surface area contributed by atoms with Crippen LogP contribution in [0.2, 0.25) is 0 Å². The number of fused-ring (bicyclic) bond motifs is 1. The lowest BCUT2D eigenvalue weighted by atomic mass is 9.99. The summed E-state index contributed by atoms with van der Waals surface area (Å²) >= 11 is 0. The molecule has 0 aliphatic carbocycles. The number of tetrazole rings is 1. The lowest BCUT2D eigenvalue weighted by molar-refractivity contribution is 0.757. The maximum Gasteiger partial charge on any atom is 0.205 e. The summed E-state index contributed by atoms with van der Waals surface area (Å²) < 4.78 is 2.18. The fourth-order valence-corrected chi connectivity index (χ4v) is 4.02. The van der Waals surface area contributed by atoms with E-state index in [0.29, 0.717) is 5.82 Å². The van der Waals surface area contributed by atoms with Crippen LogP contribution in [0, 0.1) is 13.8 Å².